The van der Waals surface area contributed by atoms with Crippen LogP contribution in [0.1, 0.15) is 36.0 Å². The van der Waals surface area contributed by atoms with Crippen molar-refractivity contribution in [2.24, 2.45) is 5.41 Å². The standard InChI is InChI=1S/C25H31N3O3/c1-27(2)23(29)25(11-10-19-6-4-3-5-7-19)12-14-28(15-13-25)17-20-8-9-22-21(16-20)18-31-24(30)26-22/h3-9,16H,10-15,17-18H2,1-2H3,(H,26,30). The summed E-state index contributed by atoms with van der Waals surface area (Å²) in [6.07, 6.45) is 3.17. The third-order valence-corrected chi connectivity index (χ3v) is 6.58. The van der Waals surface area contributed by atoms with Crippen LogP contribution in [0.3, 0.4) is 0 Å². The van der Waals surface area contributed by atoms with Gasteiger partial charge in [0.15, 0.2) is 0 Å². The van der Waals surface area contributed by atoms with Crippen LogP contribution in [0.4, 0.5) is 10.5 Å². The minimum atomic E-state index is -0.395. The number of piperidine rings is 1. The molecule has 1 saturated heterocycles. The summed E-state index contributed by atoms with van der Waals surface area (Å²) in [5.41, 5.74) is 4.04. The second kappa shape index (κ2) is 9.10. The molecular weight excluding hydrogens is 390 g/mol. The predicted molar refractivity (Wildman–Crippen MR) is 121 cm³/mol. The van der Waals surface area contributed by atoms with Crippen LogP contribution >= 0.6 is 0 Å². The van der Waals surface area contributed by atoms with E-state index in [0.29, 0.717) is 6.61 Å². The Hall–Kier alpha value is -2.86. The van der Waals surface area contributed by atoms with E-state index in [1.165, 1.54) is 11.1 Å². The van der Waals surface area contributed by atoms with E-state index in [9.17, 15) is 9.59 Å². The normalized spacial score (nSPS) is 17.9. The lowest BCUT2D eigenvalue weighted by Gasteiger charge is -2.42. The summed E-state index contributed by atoms with van der Waals surface area (Å²) in [7, 11) is 3.74. The number of carbonyl (C=O) groups excluding carboxylic acids is 2. The molecule has 2 amide bonds. The van der Waals surface area contributed by atoms with E-state index in [2.05, 4.69) is 46.6 Å². The van der Waals surface area contributed by atoms with E-state index in [0.717, 1.165) is 56.6 Å². The molecule has 164 valence electrons. The van der Waals surface area contributed by atoms with Gasteiger partial charge in [0.05, 0.1) is 11.1 Å². The van der Waals surface area contributed by atoms with Crippen LogP contribution in [0.15, 0.2) is 48.5 Å². The summed E-state index contributed by atoms with van der Waals surface area (Å²) in [4.78, 5) is 28.7. The third kappa shape index (κ3) is 4.90. The minimum absolute atomic E-state index is 0.254. The van der Waals surface area contributed by atoms with E-state index in [1.54, 1.807) is 4.90 Å². The number of aryl methyl sites for hydroxylation is 1. The molecule has 2 aliphatic rings. The van der Waals surface area contributed by atoms with Crippen molar-refractivity contribution in [3.63, 3.8) is 0 Å². The Morgan fingerprint density at radius 1 is 1.10 bits per heavy atom. The molecule has 0 atom stereocenters. The van der Waals surface area contributed by atoms with Crippen LogP contribution in [0.5, 0.6) is 0 Å². The first-order chi connectivity index (χ1) is 14.9. The minimum Gasteiger partial charge on any atom is -0.444 e. The number of anilines is 1. The fourth-order valence-corrected chi connectivity index (χ4v) is 4.75. The SMILES string of the molecule is CN(C)C(=O)C1(CCc2ccccc2)CCN(Cc2ccc3c(c2)COC(=O)N3)CC1. The van der Waals surface area contributed by atoms with Crippen molar-refractivity contribution in [1.29, 1.82) is 0 Å². The Morgan fingerprint density at radius 2 is 1.84 bits per heavy atom. The molecule has 2 aromatic rings. The Kier molecular flexibility index (Phi) is 6.28. The molecule has 0 aliphatic carbocycles. The van der Waals surface area contributed by atoms with Crippen molar-refractivity contribution in [1.82, 2.24) is 9.80 Å². The maximum atomic E-state index is 13.2. The largest absolute Gasteiger partial charge is 0.444 e. The number of hydrogen-bond acceptors (Lipinski definition) is 4. The van der Waals surface area contributed by atoms with Gasteiger partial charge < -0.3 is 9.64 Å². The predicted octanol–water partition coefficient (Wildman–Crippen LogP) is 4.05. The first-order valence-electron chi connectivity index (χ1n) is 11.0. The lowest BCUT2D eigenvalue weighted by atomic mass is 9.73. The molecule has 1 N–H and O–H groups in total. The first kappa shape index (κ1) is 21.4. The number of rotatable bonds is 6. The van der Waals surface area contributed by atoms with Crippen LogP contribution in [0, 0.1) is 5.41 Å². The Balaban J connectivity index is 1.40. The van der Waals surface area contributed by atoms with Crippen molar-refractivity contribution in [3.8, 4) is 0 Å². The number of cyclic esters (lactones) is 1. The van der Waals surface area contributed by atoms with E-state index in [-0.39, 0.29) is 11.3 Å². The van der Waals surface area contributed by atoms with Crippen LogP contribution < -0.4 is 5.32 Å². The molecule has 0 radical (unpaired) electrons. The number of benzene rings is 2. The highest BCUT2D eigenvalue weighted by molar-refractivity contribution is 5.87. The number of amides is 2. The molecule has 1 fully saturated rings. The highest BCUT2D eigenvalue weighted by Gasteiger charge is 2.41. The van der Waals surface area contributed by atoms with Gasteiger partial charge in [-0.2, -0.15) is 0 Å². The average molecular weight is 422 g/mol. The zero-order valence-electron chi connectivity index (χ0n) is 18.4. The maximum absolute atomic E-state index is 13.2. The number of nitrogens with zero attached hydrogens (tertiary/aromatic N) is 2. The first-order valence-corrected chi connectivity index (χ1v) is 11.0. The third-order valence-electron chi connectivity index (χ3n) is 6.58. The molecule has 0 spiro atoms. The Labute approximate surface area is 184 Å². The second-order valence-electron chi connectivity index (χ2n) is 8.93. The van der Waals surface area contributed by atoms with E-state index in [4.69, 9.17) is 4.74 Å². The maximum Gasteiger partial charge on any atom is 0.411 e. The molecule has 0 saturated carbocycles. The molecule has 0 bridgehead atoms. The Bertz CT molecular complexity index is 934. The molecule has 0 unspecified atom stereocenters. The number of carbonyl (C=O) groups is 2. The molecule has 4 rings (SSSR count). The summed E-state index contributed by atoms with van der Waals surface area (Å²) < 4.78 is 5.08. The van der Waals surface area contributed by atoms with Crippen molar-refractivity contribution in [2.45, 2.75) is 38.8 Å². The van der Waals surface area contributed by atoms with Crippen LogP contribution in [0.25, 0.3) is 0 Å². The van der Waals surface area contributed by atoms with Crippen LogP contribution in [0.2, 0.25) is 0 Å². The lowest BCUT2D eigenvalue weighted by Crippen LogP contribution is -2.48. The van der Waals surface area contributed by atoms with Gasteiger partial charge in [-0.15, -0.1) is 0 Å². The second-order valence-corrected chi connectivity index (χ2v) is 8.93. The van der Waals surface area contributed by atoms with Gasteiger partial charge in [0.25, 0.3) is 0 Å². The monoisotopic (exact) mass is 421 g/mol. The number of nitrogens with one attached hydrogen (secondary N) is 1. The molecule has 6 nitrogen and oxygen atoms in total. The Morgan fingerprint density at radius 3 is 2.55 bits per heavy atom. The van der Waals surface area contributed by atoms with Crippen molar-refractivity contribution >= 4 is 17.7 Å². The van der Waals surface area contributed by atoms with E-state index >= 15 is 0 Å². The zero-order chi connectivity index (χ0) is 21.8. The molecule has 2 aliphatic heterocycles. The fraction of sp³-hybridized carbons (Fsp3) is 0.440. The fourth-order valence-electron chi connectivity index (χ4n) is 4.75. The zero-order valence-corrected chi connectivity index (χ0v) is 18.4. The number of likely N-dealkylation sites (tertiary alicyclic amines) is 1. The van der Waals surface area contributed by atoms with Gasteiger partial charge in [0.1, 0.15) is 6.61 Å². The smallest absolute Gasteiger partial charge is 0.411 e. The highest BCUT2D eigenvalue weighted by Crippen LogP contribution is 2.38. The molecule has 31 heavy (non-hydrogen) atoms. The summed E-state index contributed by atoms with van der Waals surface area (Å²) in [5.74, 6) is 0.254. The van der Waals surface area contributed by atoms with Gasteiger partial charge in [0, 0.05) is 26.2 Å². The van der Waals surface area contributed by atoms with E-state index < -0.39 is 6.09 Å². The van der Waals surface area contributed by atoms with Crippen molar-refractivity contribution in [3.05, 3.63) is 65.2 Å². The van der Waals surface area contributed by atoms with Crippen LogP contribution in [-0.4, -0.2) is 49.0 Å². The van der Waals surface area contributed by atoms with Crippen molar-refractivity contribution in [2.75, 3.05) is 32.5 Å². The highest BCUT2D eigenvalue weighted by atomic mass is 16.5. The summed E-state index contributed by atoms with van der Waals surface area (Å²) in [5, 5.41) is 2.74. The van der Waals surface area contributed by atoms with Gasteiger partial charge in [-0.25, -0.2) is 4.79 Å². The van der Waals surface area contributed by atoms with Crippen LogP contribution in [-0.2, 0) is 29.1 Å². The number of hydrogen-bond donors (Lipinski definition) is 1. The average Bonchev–Trinajstić information content (AvgIpc) is 2.79. The topological polar surface area (TPSA) is 61.9 Å². The van der Waals surface area contributed by atoms with Crippen molar-refractivity contribution < 1.29 is 14.3 Å². The molecule has 2 heterocycles. The van der Waals surface area contributed by atoms with Gasteiger partial charge in [-0.3, -0.25) is 15.0 Å². The van der Waals surface area contributed by atoms with Gasteiger partial charge in [-0.05, 0) is 62.0 Å². The molecule has 6 heteroatoms. The summed E-state index contributed by atoms with van der Waals surface area (Å²) in [6, 6.07) is 16.6. The quantitative estimate of drug-likeness (QED) is 0.764. The molecule has 2 aromatic carbocycles. The molecule has 0 aromatic heterocycles. The molecular formula is C25H31N3O3. The van der Waals surface area contributed by atoms with Gasteiger partial charge in [0.2, 0.25) is 5.91 Å². The number of fused-ring (bicyclic) bond motifs is 1. The number of ether oxygens (including phenoxy) is 1. The summed E-state index contributed by atoms with van der Waals surface area (Å²) >= 11 is 0. The van der Waals surface area contributed by atoms with Gasteiger partial charge >= 0.3 is 6.09 Å². The lowest BCUT2D eigenvalue weighted by molar-refractivity contribution is -0.143. The summed E-state index contributed by atoms with van der Waals surface area (Å²) in [6.45, 7) is 2.96. The van der Waals surface area contributed by atoms with Gasteiger partial charge in [-0.1, -0.05) is 36.4 Å². The van der Waals surface area contributed by atoms with E-state index in [1.807, 2.05) is 26.2 Å².